The van der Waals surface area contributed by atoms with Gasteiger partial charge in [-0.05, 0) is 41.5 Å². The normalized spacial score (nSPS) is 10.6. The maximum Gasteiger partial charge on any atom is 0.324 e. The van der Waals surface area contributed by atoms with Crippen molar-refractivity contribution in [3.63, 3.8) is 0 Å². The van der Waals surface area contributed by atoms with E-state index in [9.17, 15) is 14.4 Å². The lowest BCUT2D eigenvalue weighted by molar-refractivity contribution is -0.124. The Morgan fingerprint density at radius 3 is 2.33 bits per heavy atom. The van der Waals surface area contributed by atoms with E-state index in [4.69, 9.17) is 5.21 Å². The Balaban J connectivity index is 1.70. The highest BCUT2D eigenvalue weighted by Crippen LogP contribution is 2.11. The molecule has 33 heavy (non-hydrogen) atoms. The largest absolute Gasteiger partial charge is 0.324 e. The molecule has 0 radical (unpaired) electrons. The third kappa shape index (κ3) is 7.41. The fraction of sp³-hybridized carbons (Fsp3) is 0.120. The summed E-state index contributed by atoms with van der Waals surface area (Å²) in [6.45, 7) is 0.644. The molecule has 168 valence electrons. The fourth-order valence-corrected chi connectivity index (χ4v) is 3.05. The van der Waals surface area contributed by atoms with Crippen LogP contribution in [0.4, 0.5) is 4.79 Å². The van der Waals surface area contributed by atoms with Crippen LogP contribution in [-0.4, -0.2) is 39.5 Å². The Morgan fingerprint density at radius 2 is 1.67 bits per heavy atom. The molecule has 3 N–H and O–H groups in total. The number of carbonyl (C=O) groups excluding carboxylic acids is 3. The first-order valence-electron chi connectivity index (χ1n) is 10.3. The summed E-state index contributed by atoms with van der Waals surface area (Å²) in [6.07, 6.45) is 4.99. The van der Waals surface area contributed by atoms with Crippen molar-refractivity contribution in [1.82, 2.24) is 20.7 Å². The van der Waals surface area contributed by atoms with Gasteiger partial charge in [0.25, 0.3) is 11.8 Å². The highest BCUT2D eigenvalue weighted by molar-refractivity contribution is 6.04. The number of benzene rings is 2. The molecule has 0 atom stereocenters. The maximum atomic E-state index is 12.9. The number of carbonyl (C=O) groups is 3. The van der Waals surface area contributed by atoms with Crippen molar-refractivity contribution in [1.29, 1.82) is 0 Å². The van der Waals surface area contributed by atoms with Gasteiger partial charge < -0.3 is 4.90 Å². The van der Waals surface area contributed by atoms with E-state index in [0.29, 0.717) is 18.5 Å². The maximum absolute atomic E-state index is 12.9. The first kappa shape index (κ1) is 23.4. The second-order valence-electron chi connectivity index (χ2n) is 7.17. The molecular weight excluding hydrogens is 420 g/mol. The van der Waals surface area contributed by atoms with Crippen LogP contribution >= 0.6 is 0 Å². The second-order valence-corrected chi connectivity index (χ2v) is 7.17. The average Bonchev–Trinajstić information content (AvgIpc) is 2.86. The Bertz CT molecular complexity index is 1100. The van der Waals surface area contributed by atoms with Crippen LogP contribution in [0, 0.1) is 0 Å². The molecule has 0 aliphatic rings. The van der Waals surface area contributed by atoms with Gasteiger partial charge in [0.05, 0.1) is 0 Å². The molecule has 0 unspecified atom stereocenters. The van der Waals surface area contributed by atoms with Crippen molar-refractivity contribution in [2.24, 2.45) is 0 Å². The van der Waals surface area contributed by atoms with E-state index in [2.05, 4.69) is 10.3 Å². The molecule has 0 fully saturated rings. The summed E-state index contributed by atoms with van der Waals surface area (Å²) in [4.78, 5) is 42.3. The first-order valence-corrected chi connectivity index (χ1v) is 10.3. The summed E-state index contributed by atoms with van der Waals surface area (Å²) in [5.74, 6) is -1.09. The molecule has 1 heterocycles. The van der Waals surface area contributed by atoms with Gasteiger partial charge in [-0.1, -0.05) is 48.5 Å². The van der Waals surface area contributed by atoms with Gasteiger partial charge in [-0.25, -0.2) is 10.3 Å². The fourth-order valence-electron chi connectivity index (χ4n) is 3.05. The molecule has 0 aliphatic carbocycles. The number of rotatable bonds is 8. The van der Waals surface area contributed by atoms with E-state index in [1.54, 1.807) is 59.6 Å². The summed E-state index contributed by atoms with van der Waals surface area (Å²) >= 11 is 0. The van der Waals surface area contributed by atoms with Crippen molar-refractivity contribution in [2.45, 2.75) is 13.0 Å². The van der Waals surface area contributed by atoms with Gasteiger partial charge in [-0.2, -0.15) is 0 Å². The van der Waals surface area contributed by atoms with Crippen LogP contribution in [0.2, 0.25) is 0 Å². The molecule has 8 heteroatoms. The van der Waals surface area contributed by atoms with E-state index >= 15 is 0 Å². The lowest BCUT2D eigenvalue weighted by Crippen LogP contribution is -2.43. The topological polar surface area (TPSA) is 112 Å². The molecule has 8 nitrogen and oxygen atoms in total. The molecule has 3 aromatic rings. The molecule has 0 aliphatic heterocycles. The third-order valence-corrected chi connectivity index (χ3v) is 4.80. The van der Waals surface area contributed by atoms with Crippen molar-refractivity contribution >= 4 is 23.9 Å². The van der Waals surface area contributed by atoms with E-state index < -0.39 is 17.8 Å². The average molecular weight is 444 g/mol. The molecule has 1 aromatic heterocycles. The molecule has 0 saturated heterocycles. The van der Waals surface area contributed by atoms with E-state index in [-0.39, 0.29) is 6.54 Å². The first-order chi connectivity index (χ1) is 16.0. The number of nitrogens with zero attached hydrogens (tertiary/aromatic N) is 2. The van der Waals surface area contributed by atoms with Gasteiger partial charge in [-0.3, -0.25) is 25.1 Å². The number of urea groups is 1. The van der Waals surface area contributed by atoms with Gasteiger partial charge in [0.2, 0.25) is 0 Å². The molecule has 2 aromatic carbocycles. The van der Waals surface area contributed by atoms with Crippen LogP contribution in [-0.2, 0) is 17.8 Å². The van der Waals surface area contributed by atoms with E-state index in [1.807, 2.05) is 30.3 Å². The lowest BCUT2D eigenvalue weighted by atomic mass is 10.1. The number of imide groups is 1. The summed E-state index contributed by atoms with van der Waals surface area (Å²) in [7, 11) is 0. The summed E-state index contributed by atoms with van der Waals surface area (Å²) in [5.41, 5.74) is 4.38. The summed E-state index contributed by atoms with van der Waals surface area (Å²) < 4.78 is 0. The van der Waals surface area contributed by atoms with Gasteiger partial charge >= 0.3 is 6.03 Å². The van der Waals surface area contributed by atoms with Crippen LogP contribution in [0.5, 0.6) is 0 Å². The number of hydrogen-bond donors (Lipinski definition) is 3. The summed E-state index contributed by atoms with van der Waals surface area (Å²) in [6, 6.07) is 20.9. The van der Waals surface area contributed by atoms with Crippen molar-refractivity contribution in [3.05, 3.63) is 107 Å². The monoisotopic (exact) mass is 444 g/mol. The molecule has 3 rings (SSSR count). The van der Waals surface area contributed by atoms with Gasteiger partial charge in [-0.15, -0.1) is 0 Å². The van der Waals surface area contributed by atoms with Gasteiger partial charge in [0.1, 0.15) is 0 Å². The minimum absolute atomic E-state index is 0.280. The predicted molar refractivity (Wildman–Crippen MR) is 123 cm³/mol. The van der Waals surface area contributed by atoms with Gasteiger partial charge in [0.15, 0.2) is 0 Å². The third-order valence-electron chi connectivity index (χ3n) is 4.80. The van der Waals surface area contributed by atoms with E-state index in [0.717, 1.165) is 16.8 Å². The standard InChI is InChI=1S/C25H24N4O4/c30-23(28-33)14-13-19-9-11-20(12-10-19)18-29(17-15-22-8-4-5-16-26-22)25(32)27-24(31)21-6-2-1-3-7-21/h1-14,16,33H,15,17-18H2,(H,28,30)(H,27,31,32). The number of nitrogens with one attached hydrogen (secondary N) is 2. The zero-order valence-electron chi connectivity index (χ0n) is 17.8. The van der Waals surface area contributed by atoms with Crippen LogP contribution in [0.3, 0.4) is 0 Å². The highest BCUT2D eigenvalue weighted by atomic mass is 16.5. The molecule has 0 saturated carbocycles. The zero-order chi connectivity index (χ0) is 23.5. The van der Waals surface area contributed by atoms with Crippen molar-refractivity contribution in [2.75, 3.05) is 6.54 Å². The second kappa shape index (κ2) is 11.9. The van der Waals surface area contributed by atoms with Gasteiger partial charge in [0, 0.05) is 43.0 Å². The smallest absolute Gasteiger partial charge is 0.320 e. The quantitative estimate of drug-likeness (QED) is 0.281. The van der Waals surface area contributed by atoms with Crippen LogP contribution in [0.25, 0.3) is 6.08 Å². The number of pyridine rings is 1. The molecule has 0 spiro atoms. The van der Waals surface area contributed by atoms with Crippen LogP contribution < -0.4 is 10.8 Å². The minimum Gasteiger partial charge on any atom is -0.320 e. The lowest BCUT2D eigenvalue weighted by Gasteiger charge is -2.23. The summed E-state index contributed by atoms with van der Waals surface area (Å²) in [5, 5.41) is 11.0. The van der Waals surface area contributed by atoms with Crippen LogP contribution in [0.1, 0.15) is 27.2 Å². The minimum atomic E-state index is -0.625. The Hall–Kier alpha value is -4.30. The van der Waals surface area contributed by atoms with Crippen LogP contribution in [0.15, 0.2) is 85.1 Å². The Labute approximate surface area is 191 Å². The van der Waals surface area contributed by atoms with Crippen molar-refractivity contribution in [3.8, 4) is 0 Å². The number of aromatic nitrogens is 1. The molecule has 4 amide bonds. The van der Waals surface area contributed by atoms with E-state index in [1.165, 1.54) is 11.6 Å². The SMILES string of the molecule is O=C(C=Cc1ccc(CN(CCc2ccccn2)C(=O)NC(=O)c2ccccc2)cc1)NO. The number of hydrogen-bond acceptors (Lipinski definition) is 5. The number of amides is 4. The highest BCUT2D eigenvalue weighted by Gasteiger charge is 2.18. The van der Waals surface area contributed by atoms with Crippen molar-refractivity contribution < 1.29 is 19.6 Å². The Kier molecular flexibility index (Phi) is 8.44. The number of hydroxylamine groups is 1. The molecular formula is C25H24N4O4. The Morgan fingerprint density at radius 1 is 0.939 bits per heavy atom. The zero-order valence-corrected chi connectivity index (χ0v) is 17.8. The predicted octanol–water partition coefficient (Wildman–Crippen LogP) is 3.19. The molecule has 0 bridgehead atoms.